The number of aromatic amines is 1. The maximum atomic E-state index is 13.6. The Labute approximate surface area is 117 Å². The number of benzene rings is 1. The van der Waals surface area contributed by atoms with Crippen LogP contribution < -0.4 is 0 Å². The second-order valence-electron chi connectivity index (χ2n) is 4.30. The predicted octanol–water partition coefficient (Wildman–Crippen LogP) is 0.682. The smallest absolute Gasteiger partial charge is 0.344 e. The molecule has 110 valence electrons. The van der Waals surface area contributed by atoms with Crippen molar-refractivity contribution in [2.75, 3.05) is 0 Å². The summed E-state index contributed by atoms with van der Waals surface area (Å²) in [5.74, 6) is 0. The van der Waals surface area contributed by atoms with Gasteiger partial charge in [0.2, 0.25) is 0 Å². The Morgan fingerprint density at radius 2 is 1.67 bits per heavy atom. The Bertz CT molecular complexity index is 708. The third-order valence-electron chi connectivity index (χ3n) is 2.88. The van der Waals surface area contributed by atoms with Crippen LogP contribution in [-0.4, -0.2) is 25.4 Å². The summed E-state index contributed by atoms with van der Waals surface area (Å²) in [4.78, 5) is 2.56. The van der Waals surface area contributed by atoms with Crippen molar-refractivity contribution in [3.63, 3.8) is 0 Å². The Morgan fingerprint density at radius 1 is 1.00 bits per heavy atom. The van der Waals surface area contributed by atoms with Crippen LogP contribution in [0.3, 0.4) is 0 Å². The molecule has 1 aromatic carbocycles. The molecule has 0 bridgehead atoms. The molecular weight excluding hydrogens is 286 g/mol. The van der Waals surface area contributed by atoms with Crippen LogP contribution in [0.5, 0.6) is 0 Å². The van der Waals surface area contributed by atoms with Gasteiger partial charge in [0.1, 0.15) is 6.07 Å². The van der Waals surface area contributed by atoms with Crippen LogP contribution in [0.2, 0.25) is 0 Å². The molecule has 0 unspecified atom stereocenters. The number of halogens is 2. The fourth-order valence-corrected chi connectivity index (χ4v) is 2.06. The van der Waals surface area contributed by atoms with Crippen molar-refractivity contribution in [3.05, 3.63) is 47.3 Å². The van der Waals surface area contributed by atoms with Gasteiger partial charge in [-0.15, -0.1) is 0 Å². The number of aliphatic hydroxyl groups is 4. The summed E-state index contributed by atoms with van der Waals surface area (Å²) in [6.07, 6.45) is 2.52. The number of hydrogen-bond acceptors (Lipinski definition) is 5. The van der Waals surface area contributed by atoms with Gasteiger partial charge in [-0.05, 0) is 5.56 Å². The first-order chi connectivity index (χ1) is 9.66. The number of aromatic nitrogens is 1. The highest BCUT2D eigenvalue weighted by molar-refractivity contribution is 5.74. The molecule has 0 saturated heterocycles. The van der Waals surface area contributed by atoms with E-state index in [2.05, 4.69) is 4.98 Å². The van der Waals surface area contributed by atoms with Gasteiger partial charge >= 0.3 is 12.1 Å². The van der Waals surface area contributed by atoms with Gasteiger partial charge in [0.05, 0.1) is 16.7 Å². The van der Waals surface area contributed by atoms with E-state index in [9.17, 15) is 19.0 Å². The summed E-state index contributed by atoms with van der Waals surface area (Å²) in [5, 5.41) is 45.3. The molecular formula is C13H10F2N2O4. The minimum Gasteiger partial charge on any atom is -0.366 e. The van der Waals surface area contributed by atoms with Gasteiger partial charge in [0, 0.05) is 18.0 Å². The number of nitrogens with one attached hydrogen (secondary N) is 1. The highest BCUT2D eigenvalue weighted by Crippen LogP contribution is 2.39. The summed E-state index contributed by atoms with van der Waals surface area (Å²) in [6, 6.07) is -3.16. The fourth-order valence-electron chi connectivity index (χ4n) is 2.06. The van der Waals surface area contributed by atoms with Crippen molar-refractivity contribution >= 4 is 0 Å². The van der Waals surface area contributed by atoms with Gasteiger partial charge < -0.3 is 25.4 Å². The molecule has 0 spiro atoms. The van der Waals surface area contributed by atoms with Gasteiger partial charge in [0.15, 0.2) is 0 Å². The lowest BCUT2D eigenvalue weighted by atomic mass is 9.93. The van der Waals surface area contributed by atoms with E-state index in [0.29, 0.717) is 0 Å². The van der Waals surface area contributed by atoms with Crippen LogP contribution in [0.25, 0.3) is 11.1 Å². The van der Waals surface area contributed by atoms with E-state index >= 15 is 0 Å². The molecule has 1 heterocycles. The molecule has 0 fully saturated rings. The van der Waals surface area contributed by atoms with Crippen LogP contribution in [0.1, 0.15) is 16.7 Å². The van der Waals surface area contributed by atoms with E-state index in [1.165, 1.54) is 18.5 Å². The molecule has 0 saturated carbocycles. The quantitative estimate of drug-likeness (QED) is 0.533. The predicted molar refractivity (Wildman–Crippen MR) is 65.4 cm³/mol. The highest BCUT2D eigenvalue weighted by atomic mass is 19.2. The topological polar surface area (TPSA) is 121 Å². The summed E-state index contributed by atoms with van der Waals surface area (Å²) < 4.78 is 27.0. The molecule has 0 radical (unpaired) electrons. The number of nitrogens with zero attached hydrogens (tertiary/aromatic N) is 1. The van der Waals surface area contributed by atoms with Crippen molar-refractivity contribution in [2.45, 2.75) is 12.1 Å². The van der Waals surface area contributed by atoms with E-state index in [4.69, 9.17) is 15.5 Å². The maximum Gasteiger partial charge on any atom is 0.344 e. The van der Waals surface area contributed by atoms with Gasteiger partial charge in [-0.3, -0.25) is 0 Å². The van der Waals surface area contributed by atoms with Crippen molar-refractivity contribution in [1.82, 2.24) is 4.98 Å². The fraction of sp³-hybridized carbons (Fsp3) is 0.154. The molecule has 0 amide bonds. The molecule has 0 aliphatic carbocycles. The van der Waals surface area contributed by atoms with Crippen LogP contribution in [0.15, 0.2) is 30.6 Å². The zero-order valence-electron chi connectivity index (χ0n) is 10.4. The molecule has 1 aromatic heterocycles. The van der Waals surface area contributed by atoms with Gasteiger partial charge in [-0.1, -0.05) is 18.2 Å². The first-order valence-corrected chi connectivity index (χ1v) is 5.64. The number of alkyl halides is 2. The molecule has 0 atom stereocenters. The van der Waals surface area contributed by atoms with E-state index in [1.807, 2.05) is 0 Å². The normalized spacial score (nSPS) is 12.2. The Balaban J connectivity index is 2.83. The Morgan fingerprint density at radius 3 is 2.19 bits per heavy atom. The average Bonchev–Trinajstić information content (AvgIpc) is 2.83. The number of H-pyrrole nitrogens is 1. The van der Waals surface area contributed by atoms with E-state index in [-0.39, 0.29) is 16.7 Å². The van der Waals surface area contributed by atoms with Crippen LogP contribution in [0.4, 0.5) is 8.78 Å². The average molecular weight is 296 g/mol. The maximum absolute atomic E-state index is 13.6. The molecule has 6 nitrogen and oxygen atoms in total. The summed E-state index contributed by atoms with van der Waals surface area (Å²) in [5.41, 5.74) is -2.39. The van der Waals surface area contributed by atoms with Gasteiger partial charge in [0.25, 0.3) is 0 Å². The third kappa shape index (κ3) is 2.76. The molecule has 2 rings (SSSR count). The lowest BCUT2D eigenvalue weighted by Gasteiger charge is -2.23. The molecule has 2 aromatic rings. The number of hydrogen-bond donors (Lipinski definition) is 5. The lowest BCUT2D eigenvalue weighted by molar-refractivity contribution is -0.290. The van der Waals surface area contributed by atoms with Crippen molar-refractivity contribution in [1.29, 1.82) is 5.26 Å². The van der Waals surface area contributed by atoms with Crippen LogP contribution in [0, 0.1) is 11.3 Å². The SMILES string of the molecule is N#Cc1c[nH]cc1-c1cccc(C(O)(O)F)c1C(O)(O)F. The highest BCUT2D eigenvalue weighted by Gasteiger charge is 2.40. The molecule has 0 aliphatic heterocycles. The van der Waals surface area contributed by atoms with Crippen molar-refractivity contribution in [2.24, 2.45) is 0 Å². The number of rotatable bonds is 3. The minimum absolute atomic E-state index is 0.0259. The first kappa shape index (κ1) is 15.1. The first-order valence-electron chi connectivity index (χ1n) is 5.64. The summed E-state index contributed by atoms with van der Waals surface area (Å²) in [6.45, 7) is 0. The Hall–Kier alpha value is -2.31. The van der Waals surface area contributed by atoms with E-state index in [1.54, 1.807) is 6.07 Å². The zero-order chi connectivity index (χ0) is 15.8. The van der Waals surface area contributed by atoms with E-state index < -0.39 is 23.2 Å². The van der Waals surface area contributed by atoms with Crippen LogP contribution in [-0.2, 0) is 12.1 Å². The molecule has 21 heavy (non-hydrogen) atoms. The van der Waals surface area contributed by atoms with Crippen LogP contribution >= 0.6 is 0 Å². The van der Waals surface area contributed by atoms with Gasteiger partial charge in [-0.25, -0.2) is 0 Å². The molecule has 5 N–H and O–H groups in total. The van der Waals surface area contributed by atoms with Crippen molar-refractivity contribution in [3.8, 4) is 17.2 Å². The number of nitriles is 1. The van der Waals surface area contributed by atoms with E-state index in [0.717, 1.165) is 12.1 Å². The van der Waals surface area contributed by atoms with Gasteiger partial charge in [-0.2, -0.15) is 14.0 Å². The monoisotopic (exact) mass is 296 g/mol. The second-order valence-corrected chi connectivity index (χ2v) is 4.30. The third-order valence-corrected chi connectivity index (χ3v) is 2.88. The summed E-state index contributed by atoms with van der Waals surface area (Å²) >= 11 is 0. The molecule has 8 heteroatoms. The summed E-state index contributed by atoms with van der Waals surface area (Å²) in [7, 11) is 0. The zero-order valence-corrected chi connectivity index (χ0v) is 10.4. The van der Waals surface area contributed by atoms with Crippen molar-refractivity contribution < 1.29 is 29.2 Å². The standard InChI is InChI=1S/C13H10F2N2O4/c14-12(18,19)10-3-1-2-8(11(10)13(15,20)21)9-6-17-5-7(9)4-16/h1-3,5-6,17-21H. The largest absolute Gasteiger partial charge is 0.366 e. The Kier molecular flexibility index (Phi) is 3.52. The molecule has 0 aliphatic rings. The second kappa shape index (κ2) is 4.91. The minimum atomic E-state index is -4.04. The lowest BCUT2D eigenvalue weighted by Crippen LogP contribution is -2.28.